The molecule has 0 bridgehead atoms. The first-order valence-corrected chi connectivity index (χ1v) is 6.24. The highest BCUT2D eigenvalue weighted by Crippen LogP contribution is 2.28. The van der Waals surface area contributed by atoms with E-state index >= 15 is 0 Å². The summed E-state index contributed by atoms with van der Waals surface area (Å²) in [4.78, 5) is 0. The fourth-order valence-electron chi connectivity index (χ4n) is 1.78. The van der Waals surface area contributed by atoms with Gasteiger partial charge in [0.15, 0.2) is 0 Å². The van der Waals surface area contributed by atoms with Gasteiger partial charge in [-0.1, -0.05) is 0 Å². The van der Waals surface area contributed by atoms with E-state index in [0.717, 1.165) is 42.1 Å². The molecule has 0 saturated carbocycles. The molecule has 1 aliphatic rings. The summed E-state index contributed by atoms with van der Waals surface area (Å²) in [6, 6.07) is 6.04. The molecule has 0 aliphatic carbocycles. The van der Waals surface area contributed by atoms with Crippen LogP contribution in [-0.2, 0) is 4.74 Å². The van der Waals surface area contributed by atoms with Crippen molar-refractivity contribution in [2.75, 3.05) is 32.2 Å². The van der Waals surface area contributed by atoms with Gasteiger partial charge in [-0.15, -0.1) is 0 Å². The van der Waals surface area contributed by atoms with E-state index < -0.39 is 0 Å². The summed E-state index contributed by atoms with van der Waals surface area (Å²) in [7, 11) is 1.68. The van der Waals surface area contributed by atoms with Crippen molar-refractivity contribution in [2.24, 2.45) is 5.92 Å². The number of ether oxygens (including phenoxy) is 2. The first kappa shape index (κ1) is 11.7. The second-order valence-electron chi connectivity index (χ2n) is 3.96. The zero-order valence-corrected chi connectivity index (χ0v) is 10.9. The van der Waals surface area contributed by atoms with E-state index in [1.165, 1.54) is 0 Å². The van der Waals surface area contributed by atoms with Crippen LogP contribution in [-0.4, -0.2) is 26.9 Å². The van der Waals surface area contributed by atoms with Gasteiger partial charge in [0, 0.05) is 30.8 Å². The van der Waals surface area contributed by atoms with Gasteiger partial charge in [0.2, 0.25) is 0 Å². The zero-order chi connectivity index (χ0) is 11.4. The van der Waals surface area contributed by atoms with E-state index in [1.54, 1.807) is 7.11 Å². The molecule has 0 aromatic heterocycles. The summed E-state index contributed by atoms with van der Waals surface area (Å²) in [5.74, 6) is 1.49. The molecule has 1 saturated heterocycles. The highest BCUT2D eigenvalue weighted by molar-refractivity contribution is 9.10. The van der Waals surface area contributed by atoms with Gasteiger partial charge < -0.3 is 14.8 Å². The van der Waals surface area contributed by atoms with Gasteiger partial charge in [0.05, 0.1) is 18.2 Å². The lowest BCUT2D eigenvalue weighted by Gasteiger charge is -2.12. The summed E-state index contributed by atoms with van der Waals surface area (Å²) < 4.78 is 11.6. The van der Waals surface area contributed by atoms with Gasteiger partial charge in [-0.2, -0.15) is 0 Å². The molecule has 2 rings (SSSR count). The lowest BCUT2D eigenvalue weighted by atomic mass is 10.1. The van der Waals surface area contributed by atoms with Crippen LogP contribution in [0.25, 0.3) is 0 Å². The largest absolute Gasteiger partial charge is 0.495 e. The van der Waals surface area contributed by atoms with Crippen molar-refractivity contribution in [3.63, 3.8) is 0 Å². The molecule has 1 N–H and O–H groups in total. The predicted octanol–water partition coefficient (Wildman–Crippen LogP) is 2.91. The van der Waals surface area contributed by atoms with Crippen LogP contribution in [0, 0.1) is 5.92 Å². The third-order valence-electron chi connectivity index (χ3n) is 2.77. The standard InChI is InChI=1S/C12H16BrNO2/c1-15-12-6-10(2-3-11(12)13)14-7-9-4-5-16-8-9/h2-3,6,9,14H,4-5,7-8H2,1H3. The summed E-state index contributed by atoms with van der Waals surface area (Å²) in [6.45, 7) is 2.74. The number of halogens is 1. The van der Waals surface area contributed by atoms with Gasteiger partial charge in [-0.3, -0.25) is 0 Å². The number of nitrogens with one attached hydrogen (secondary N) is 1. The average Bonchev–Trinajstić information content (AvgIpc) is 2.81. The van der Waals surface area contributed by atoms with E-state index in [2.05, 4.69) is 21.2 Å². The second kappa shape index (κ2) is 5.55. The van der Waals surface area contributed by atoms with Crippen LogP contribution in [0.5, 0.6) is 5.75 Å². The van der Waals surface area contributed by atoms with Crippen molar-refractivity contribution in [3.8, 4) is 5.75 Å². The van der Waals surface area contributed by atoms with Crippen LogP contribution in [0.4, 0.5) is 5.69 Å². The van der Waals surface area contributed by atoms with Gasteiger partial charge >= 0.3 is 0 Å². The van der Waals surface area contributed by atoms with E-state index in [9.17, 15) is 0 Å². The molecule has 0 amide bonds. The summed E-state index contributed by atoms with van der Waals surface area (Å²) in [5.41, 5.74) is 1.09. The number of benzene rings is 1. The minimum atomic E-state index is 0.634. The Balaban J connectivity index is 1.93. The van der Waals surface area contributed by atoms with Gasteiger partial charge in [-0.05, 0) is 34.5 Å². The Bertz CT molecular complexity index is 351. The summed E-state index contributed by atoms with van der Waals surface area (Å²) >= 11 is 3.44. The molecule has 1 heterocycles. The van der Waals surface area contributed by atoms with Crippen molar-refractivity contribution in [1.82, 2.24) is 0 Å². The first-order valence-electron chi connectivity index (χ1n) is 5.45. The third-order valence-corrected chi connectivity index (χ3v) is 3.43. The molecule has 1 atom stereocenters. The topological polar surface area (TPSA) is 30.5 Å². The number of hydrogen-bond acceptors (Lipinski definition) is 3. The van der Waals surface area contributed by atoms with Crippen LogP contribution < -0.4 is 10.1 Å². The zero-order valence-electron chi connectivity index (χ0n) is 9.33. The molecule has 1 unspecified atom stereocenters. The number of hydrogen-bond donors (Lipinski definition) is 1. The molecule has 16 heavy (non-hydrogen) atoms. The molecular weight excluding hydrogens is 270 g/mol. The Kier molecular flexibility index (Phi) is 4.07. The molecule has 4 heteroatoms. The maximum Gasteiger partial charge on any atom is 0.135 e. The molecule has 88 valence electrons. The molecule has 3 nitrogen and oxygen atoms in total. The molecule has 0 spiro atoms. The third kappa shape index (κ3) is 2.89. The molecule has 1 aliphatic heterocycles. The Labute approximate surface area is 104 Å². The monoisotopic (exact) mass is 285 g/mol. The second-order valence-corrected chi connectivity index (χ2v) is 4.81. The number of rotatable bonds is 4. The Morgan fingerprint density at radius 3 is 3.12 bits per heavy atom. The summed E-state index contributed by atoms with van der Waals surface area (Å²) in [5, 5.41) is 3.41. The maximum atomic E-state index is 5.34. The fraction of sp³-hybridized carbons (Fsp3) is 0.500. The Hall–Kier alpha value is -0.740. The van der Waals surface area contributed by atoms with E-state index in [-0.39, 0.29) is 0 Å². The van der Waals surface area contributed by atoms with E-state index in [4.69, 9.17) is 9.47 Å². The summed E-state index contributed by atoms with van der Waals surface area (Å²) in [6.07, 6.45) is 1.15. The van der Waals surface area contributed by atoms with E-state index in [0.29, 0.717) is 5.92 Å². The van der Waals surface area contributed by atoms with Gasteiger partial charge in [0.1, 0.15) is 5.75 Å². The molecule has 1 aromatic rings. The minimum absolute atomic E-state index is 0.634. The van der Waals surface area contributed by atoms with Crippen molar-refractivity contribution in [1.29, 1.82) is 0 Å². The lowest BCUT2D eigenvalue weighted by molar-refractivity contribution is 0.187. The van der Waals surface area contributed by atoms with Crippen molar-refractivity contribution in [2.45, 2.75) is 6.42 Å². The van der Waals surface area contributed by atoms with Crippen LogP contribution in [0.1, 0.15) is 6.42 Å². The fourth-order valence-corrected chi connectivity index (χ4v) is 2.18. The van der Waals surface area contributed by atoms with E-state index in [1.807, 2.05) is 18.2 Å². The Morgan fingerprint density at radius 1 is 1.56 bits per heavy atom. The quantitative estimate of drug-likeness (QED) is 0.923. The average molecular weight is 286 g/mol. The minimum Gasteiger partial charge on any atom is -0.495 e. The smallest absolute Gasteiger partial charge is 0.135 e. The molecular formula is C12H16BrNO2. The number of methoxy groups -OCH3 is 1. The van der Waals surface area contributed by atoms with Crippen LogP contribution in [0.15, 0.2) is 22.7 Å². The van der Waals surface area contributed by atoms with Crippen molar-refractivity contribution in [3.05, 3.63) is 22.7 Å². The highest BCUT2D eigenvalue weighted by Gasteiger charge is 2.15. The Morgan fingerprint density at radius 2 is 2.44 bits per heavy atom. The number of anilines is 1. The highest BCUT2D eigenvalue weighted by atomic mass is 79.9. The predicted molar refractivity (Wildman–Crippen MR) is 68.1 cm³/mol. The maximum absolute atomic E-state index is 5.34. The normalized spacial score (nSPS) is 19.8. The van der Waals surface area contributed by atoms with Gasteiger partial charge in [0.25, 0.3) is 0 Å². The lowest BCUT2D eigenvalue weighted by Crippen LogP contribution is -2.13. The molecule has 1 fully saturated rings. The van der Waals surface area contributed by atoms with Crippen molar-refractivity contribution >= 4 is 21.6 Å². The molecule has 0 radical (unpaired) electrons. The van der Waals surface area contributed by atoms with Gasteiger partial charge in [-0.25, -0.2) is 0 Å². The van der Waals surface area contributed by atoms with Crippen LogP contribution in [0.3, 0.4) is 0 Å². The first-order chi connectivity index (χ1) is 7.79. The van der Waals surface area contributed by atoms with Crippen molar-refractivity contribution < 1.29 is 9.47 Å². The van der Waals surface area contributed by atoms with Crippen LogP contribution >= 0.6 is 15.9 Å². The SMILES string of the molecule is COc1cc(NCC2CCOC2)ccc1Br. The molecule has 1 aromatic carbocycles. The van der Waals surface area contributed by atoms with Crippen LogP contribution in [0.2, 0.25) is 0 Å².